The van der Waals surface area contributed by atoms with E-state index in [1.54, 1.807) is 0 Å². The number of likely N-dealkylation sites (N-methyl/N-ethyl adjacent to an activating group) is 2. The van der Waals surface area contributed by atoms with Crippen LogP contribution in [0.4, 0.5) is 0 Å². The van der Waals surface area contributed by atoms with E-state index in [1.165, 1.54) is 51.7 Å². The van der Waals surface area contributed by atoms with Crippen LogP contribution in [0.3, 0.4) is 0 Å². The Morgan fingerprint density at radius 3 is 2.29 bits per heavy atom. The molecule has 0 aromatic rings. The number of hydrogen-bond donors (Lipinski definition) is 1. The molecule has 194 valence electrons. The first kappa shape index (κ1) is 24.6. The highest BCUT2D eigenvalue weighted by molar-refractivity contribution is 4.94. The lowest BCUT2D eigenvalue weighted by molar-refractivity contribution is -0.0788. The lowest BCUT2D eigenvalue weighted by atomic mass is 9.71. The van der Waals surface area contributed by atoms with Crippen LogP contribution >= 0.6 is 0 Å². The van der Waals surface area contributed by atoms with Gasteiger partial charge >= 0.3 is 0 Å². The largest absolute Gasteiger partial charge is 0.368 e. The molecule has 10 nitrogen and oxygen atoms in total. The third-order valence-electron chi connectivity index (χ3n) is 9.56. The normalized spacial score (nSPS) is 38.4. The van der Waals surface area contributed by atoms with Crippen LogP contribution in [-0.2, 0) is 4.74 Å². The Labute approximate surface area is 205 Å². The Bertz CT molecular complexity index is 707. The van der Waals surface area contributed by atoms with Gasteiger partial charge in [-0.2, -0.15) is 0 Å². The molecule has 5 rings (SSSR count). The molecule has 5 aliphatic rings. The van der Waals surface area contributed by atoms with Crippen LogP contribution in [-0.4, -0.2) is 139 Å². The zero-order valence-electron chi connectivity index (χ0n) is 21.7. The lowest BCUT2D eigenvalue weighted by Crippen LogP contribution is -2.61. The molecule has 1 spiro atoms. The van der Waals surface area contributed by atoms with Crippen LogP contribution in [0.1, 0.15) is 39.0 Å². The maximum absolute atomic E-state index is 9.95. The van der Waals surface area contributed by atoms with E-state index in [9.17, 15) is 5.11 Å². The van der Waals surface area contributed by atoms with Crippen LogP contribution in [0.5, 0.6) is 0 Å². The van der Waals surface area contributed by atoms with Crippen LogP contribution in [0.2, 0.25) is 0 Å². The monoisotopic (exact) mass is 478 g/mol. The van der Waals surface area contributed by atoms with Crippen molar-refractivity contribution in [2.75, 3.05) is 80.2 Å². The van der Waals surface area contributed by atoms with Gasteiger partial charge in [0.25, 0.3) is 0 Å². The van der Waals surface area contributed by atoms with Crippen molar-refractivity contribution >= 4 is 0 Å². The maximum Gasteiger partial charge on any atom is 0.158 e. The summed E-state index contributed by atoms with van der Waals surface area (Å²) in [6, 6.07) is 0.944. The smallest absolute Gasteiger partial charge is 0.158 e. The zero-order valence-corrected chi connectivity index (χ0v) is 21.7. The molecule has 0 aromatic carbocycles. The van der Waals surface area contributed by atoms with Gasteiger partial charge in [0.1, 0.15) is 12.8 Å². The number of aliphatic hydroxyl groups excluding tert-OH is 1. The molecular formula is C24H46N8O2. The Morgan fingerprint density at radius 1 is 0.971 bits per heavy atom. The summed E-state index contributed by atoms with van der Waals surface area (Å²) in [7, 11) is 6.49. The molecule has 0 aromatic heterocycles. The molecule has 4 saturated heterocycles. The third-order valence-corrected chi connectivity index (χ3v) is 9.56. The van der Waals surface area contributed by atoms with Gasteiger partial charge in [-0.15, -0.1) is 0 Å². The summed E-state index contributed by atoms with van der Waals surface area (Å²) in [5.74, 6) is 0.224. The minimum atomic E-state index is -0.580. The van der Waals surface area contributed by atoms with Crippen LogP contribution in [0, 0.1) is 11.3 Å². The van der Waals surface area contributed by atoms with Crippen molar-refractivity contribution in [3.63, 3.8) is 0 Å². The Morgan fingerprint density at radius 2 is 1.68 bits per heavy atom. The molecule has 5 heterocycles. The van der Waals surface area contributed by atoms with E-state index in [0.29, 0.717) is 30.3 Å². The highest BCUT2D eigenvalue weighted by Crippen LogP contribution is 2.42. The van der Waals surface area contributed by atoms with Crippen molar-refractivity contribution in [3.8, 4) is 0 Å². The molecule has 0 bridgehead atoms. The van der Waals surface area contributed by atoms with Gasteiger partial charge in [0.2, 0.25) is 0 Å². The second-order valence-corrected chi connectivity index (χ2v) is 11.8. The summed E-state index contributed by atoms with van der Waals surface area (Å²) < 4.78 is 5.50. The average Bonchev–Trinajstić information content (AvgIpc) is 3.41. The van der Waals surface area contributed by atoms with Crippen molar-refractivity contribution in [2.24, 2.45) is 21.8 Å². The molecule has 0 aliphatic carbocycles. The number of nitrogens with zero attached hydrogens (tertiary/aromatic N) is 8. The standard InChI is InChI=1S/C24H46N8O2/c1-19-21(17-34-23(19)33)31-13-8-24(9-14-31)6-11-30(12-7-24)10-5-20-15-27(2)16-22(29(20)4)32-18-28(3)25-26-32/h19-23,33H,5-18H2,1-4H3. The molecule has 4 fully saturated rings. The summed E-state index contributed by atoms with van der Waals surface area (Å²) in [4.78, 5) is 10.3. The fraction of sp³-hybridized carbons (Fsp3) is 1.00. The molecule has 5 aliphatic heterocycles. The van der Waals surface area contributed by atoms with Gasteiger partial charge < -0.3 is 19.6 Å². The Balaban J connectivity index is 1.07. The van der Waals surface area contributed by atoms with Crippen LogP contribution < -0.4 is 0 Å². The molecule has 10 heteroatoms. The fourth-order valence-corrected chi connectivity index (χ4v) is 6.89. The summed E-state index contributed by atoms with van der Waals surface area (Å²) >= 11 is 0. The summed E-state index contributed by atoms with van der Waals surface area (Å²) in [5.41, 5.74) is 0.536. The van der Waals surface area contributed by atoms with Crippen LogP contribution in [0.25, 0.3) is 0 Å². The zero-order chi connectivity index (χ0) is 23.9. The first-order chi connectivity index (χ1) is 16.3. The number of ether oxygens (including phenoxy) is 1. The maximum atomic E-state index is 9.95. The molecule has 5 unspecified atom stereocenters. The Kier molecular flexibility index (Phi) is 7.35. The van der Waals surface area contributed by atoms with Crippen molar-refractivity contribution in [1.82, 2.24) is 29.6 Å². The van der Waals surface area contributed by atoms with Crippen molar-refractivity contribution < 1.29 is 9.84 Å². The molecule has 5 atom stereocenters. The topological polar surface area (TPSA) is 73.6 Å². The van der Waals surface area contributed by atoms with E-state index in [-0.39, 0.29) is 5.92 Å². The van der Waals surface area contributed by atoms with E-state index in [1.807, 2.05) is 12.1 Å². The molecule has 34 heavy (non-hydrogen) atoms. The predicted molar refractivity (Wildman–Crippen MR) is 131 cm³/mol. The van der Waals surface area contributed by atoms with Gasteiger partial charge in [-0.25, -0.2) is 5.01 Å². The number of likely N-dealkylation sites (tertiary alicyclic amines) is 2. The van der Waals surface area contributed by atoms with Gasteiger partial charge in [-0.1, -0.05) is 12.1 Å². The molecule has 0 radical (unpaired) electrons. The first-order valence-corrected chi connectivity index (χ1v) is 13.4. The van der Waals surface area contributed by atoms with Crippen molar-refractivity contribution in [1.29, 1.82) is 0 Å². The third kappa shape index (κ3) is 5.08. The molecular weight excluding hydrogens is 432 g/mol. The summed E-state index contributed by atoms with van der Waals surface area (Å²) in [5, 5.41) is 22.5. The number of piperidine rings is 2. The van der Waals surface area contributed by atoms with Crippen molar-refractivity contribution in [2.45, 2.75) is 63.6 Å². The van der Waals surface area contributed by atoms with Gasteiger partial charge in [0.15, 0.2) is 6.29 Å². The Hall–Kier alpha value is -1.04. The first-order valence-electron chi connectivity index (χ1n) is 13.4. The second-order valence-electron chi connectivity index (χ2n) is 11.8. The van der Waals surface area contributed by atoms with E-state index < -0.39 is 6.29 Å². The van der Waals surface area contributed by atoms with Gasteiger partial charge in [0, 0.05) is 38.1 Å². The predicted octanol–water partition coefficient (Wildman–Crippen LogP) is 0.967. The van der Waals surface area contributed by atoms with E-state index in [2.05, 4.69) is 56.1 Å². The van der Waals surface area contributed by atoms with Gasteiger partial charge in [-0.3, -0.25) is 14.8 Å². The number of aliphatic hydroxyl groups is 1. The summed E-state index contributed by atoms with van der Waals surface area (Å²) in [6.45, 7) is 11.7. The SMILES string of the molecule is CC1C(O)OCC1N1CCC2(CCN(CCC3CN(C)CC(N4CN(C)N=N4)N3C)CC2)CC1. The van der Waals surface area contributed by atoms with Crippen LogP contribution in [0.15, 0.2) is 10.4 Å². The highest BCUT2D eigenvalue weighted by Gasteiger charge is 2.43. The fourth-order valence-electron chi connectivity index (χ4n) is 6.89. The van der Waals surface area contributed by atoms with Gasteiger partial charge in [0.05, 0.1) is 6.61 Å². The average molecular weight is 479 g/mol. The quantitative estimate of drug-likeness (QED) is 0.627. The van der Waals surface area contributed by atoms with E-state index in [0.717, 1.165) is 32.8 Å². The highest BCUT2D eigenvalue weighted by atomic mass is 16.6. The van der Waals surface area contributed by atoms with Crippen molar-refractivity contribution in [3.05, 3.63) is 0 Å². The number of piperazine rings is 1. The summed E-state index contributed by atoms with van der Waals surface area (Å²) in [6.07, 6.45) is 6.20. The molecule has 1 N–H and O–H groups in total. The minimum Gasteiger partial charge on any atom is -0.368 e. The van der Waals surface area contributed by atoms with E-state index in [4.69, 9.17) is 4.74 Å². The number of hydrogen-bond acceptors (Lipinski definition) is 10. The lowest BCUT2D eigenvalue weighted by Gasteiger charge is -2.49. The van der Waals surface area contributed by atoms with Gasteiger partial charge in [-0.05, 0) is 89.6 Å². The minimum absolute atomic E-state index is 0.224. The molecule has 0 saturated carbocycles. The second kappa shape index (κ2) is 10.1. The number of rotatable bonds is 5. The molecule has 0 amide bonds. The van der Waals surface area contributed by atoms with E-state index >= 15 is 0 Å².